The highest BCUT2D eigenvalue weighted by Crippen LogP contribution is 2.42. The maximum absolute atomic E-state index is 12.5. The summed E-state index contributed by atoms with van der Waals surface area (Å²) in [6.07, 6.45) is -4.79. The van der Waals surface area contributed by atoms with Crippen molar-refractivity contribution in [3.8, 4) is 16.9 Å². The first kappa shape index (κ1) is 15.8. The lowest BCUT2D eigenvalue weighted by Gasteiger charge is -2.16. The van der Waals surface area contributed by atoms with E-state index < -0.39 is 6.36 Å². The summed E-state index contributed by atoms with van der Waals surface area (Å²) in [5.74, 6) is -0.356. The van der Waals surface area contributed by atoms with Gasteiger partial charge in [-0.15, -0.1) is 13.2 Å². The molecule has 0 radical (unpaired) electrons. The molecule has 7 heteroatoms. The Balaban J connectivity index is 2.57. The molecule has 0 saturated heterocycles. The highest BCUT2D eigenvalue weighted by molar-refractivity contribution is 6.39. The van der Waals surface area contributed by atoms with Gasteiger partial charge in [-0.25, -0.2) is 0 Å². The van der Waals surface area contributed by atoms with Crippen molar-refractivity contribution in [2.45, 2.75) is 6.36 Å². The molecule has 0 unspecified atom stereocenters. The molecule has 0 aliphatic heterocycles. The van der Waals surface area contributed by atoms with Crippen LogP contribution in [0.5, 0.6) is 5.75 Å². The zero-order valence-corrected chi connectivity index (χ0v) is 12.3. The molecular weight excluding hydrogens is 326 g/mol. The molecule has 2 rings (SSSR count). The van der Waals surface area contributed by atoms with E-state index in [9.17, 15) is 13.2 Å². The van der Waals surface area contributed by atoms with E-state index >= 15 is 0 Å². The van der Waals surface area contributed by atoms with Crippen LogP contribution in [0.15, 0.2) is 36.4 Å². The summed E-state index contributed by atoms with van der Waals surface area (Å²) in [5, 5.41) is 3.31. The fourth-order valence-electron chi connectivity index (χ4n) is 1.86. The number of benzene rings is 2. The molecule has 0 aromatic heterocycles. The average molecular weight is 336 g/mol. The highest BCUT2D eigenvalue weighted by atomic mass is 35.5. The quantitative estimate of drug-likeness (QED) is 0.788. The van der Waals surface area contributed by atoms with Gasteiger partial charge in [0, 0.05) is 23.9 Å². The Morgan fingerprint density at radius 2 is 1.62 bits per heavy atom. The Hall–Kier alpha value is -1.59. The number of rotatable bonds is 3. The lowest BCUT2D eigenvalue weighted by atomic mass is 10.0. The zero-order chi connectivity index (χ0) is 15.6. The smallest absolute Gasteiger partial charge is 0.405 e. The number of ether oxygens (including phenoxy) is 1. The van der Waals surface area contributed by atoms with E-state index in [1.165, 1.54) is 18.2 Å². The van der Waals surface area contributed by atoms with Gasteiger partial charge in [0.15, 0.2) is 0 Å². The topological polar surface area (TPSA) is 21.3 Å². The molecule has 0 atom stereocenters. The van der Waals surface area contributed by atoms with Gasteiger partial charge in [-0.05, 0) is 18.2 Å². The maximum Gasteiger partial charge on any atom is 0.573 e. The number of hydrogen-bond donors (Lipinski definition) is 1. The minimum Gasteiger partial charge on any atom is -0.405 e. The molecule has 0 bridgehead atoms. The van der Waals surface area contributed by atoms with E-state index in [0.29, 0.717) is 5.69 Å². The SMILES string of the molecule is CNc1cc(Cl)c(-c2ccccc2OC(F)(F)F)c(Cl)c1. The van der Waals surface area contributed by atoms with Gasteiger partial charge in [0.25, 0.3) is 0 Å². The van der Waals surface area contributed by atoms with Crippen LogP contribution in [0.25, 0.3) is 11.1 Å². The predicted molar refractivity (Wildman–Crippen MR) is 78.1 cm³/mol. The maximum atomic E-state index is 12.5. The Morgan fingerprint density at radius 3 is 2.14 bits per heavy atom. The van der Waals surface area contributed by atoms with Crippen molar-refractivity contribution < 1.29 is 17.9 Å². The first-order valence-electron chi connectivity index (χ1n) is 5.84. The molecule has 0 heterocycles. The van der Waals surface area contributed by atoms with Crippen molar-refractivity contribution in [3.05, 3.63) is 46.4 Å². The van der Waals surface area contributed by atoms with Crippen LogP contribution in [0.1, 0.15) is 0 Å². The fraction of sp³-hybridized carbons (Fsp3) is 0.143. The number of alkyl halides is 3. The molecule has 0 saturated carbocycles. The van der Waals surface area contributed by atoms with E-state index in [0.717, 1.165) is 0 Å². The Bertz CT molecular complexity index is 636. The van der Waals surface area contributed by atoms with Crippen molar-refractivity contribution in [3.63, 3.8) is 0 Å². The molecule has 0 fully saturated rings. The highest BCUT2D eigenvalue weighted by Gasteiger charge is 2.32. The van der Waals surface area contributed by atoms with Crippen LogP contribution in [0.4, 0.5) is 18.9 Å². The molecule has 0 aliphatic carbocycles. The Morgan fingerprint density at radius 1 is 1.05 bits per heavy atom. The van der Waals surface area contributed by atoms with E-state index in [1.54, 1.807) is 25.2 Å². The third-order valence-electron chi connectivity index (χ3n) is 2.71. The first-order chi connectivity index (χ1) is 9.81. The van der Waals surface area contributed by atoms with Gasteiger partial charge in [0.05, 0.1) is 10.0 Å². The van der Waals surface area contributed by atoms with Crippen molar-refractivity contribution in [1.29, 1.82) is 0 Å². The second-order valence-corrected chi connectivity index (χ2v) is 4.92. The number of nitrogens with one attached hydrogen (secondary N) is 1. The van der Waals surface area contributed by atoms with Gasteiger partial charge < -0.3 is 10.1 Å². The molecule has 2 nitrogen and oxygen atoms in total. The molecule has 2 aromatic carbocycles. The molecule has 0 aliphatic rings. The summed E-state index contributed by atoms with van der Waals surface area (Å²) < 4.78 is 41.4. The van der Waals surface area contributed by atoms with Crippen molar-refractivity contribution in [2.24, 2.45) is 0 Å². The minimum absolute atomic E-state index is 0.174. The molecule has 0 spiro atoms. The van der Waals surface area contributed by atoms with E-state index in [-0.39, 0.29) is 26.9 Å². The second-order valence-electron chi connectivity index (χ2n) is 4.11. The lowest BCUT2D eigenvalue weighted by Crippen LogP contribution is -2.17. The second kappa shape index (κ2) is 6.03. The van der Waals surface area contributed by atoms with Crippen LogP contribution in [0.3, 0.4) is 0 Å². The van der Waals surface area contributed by atoms with E-state index in [4.69, 9.17) is 23.2 Å². The molecular formula is C14H10Cl2F3NO. The number of anilines is 1. The van der Waals surface area contributed by atoms with Gasteiger partial charge >= 0.3 is 6.36 Å². The summed E-state index contributed by atoms with van der Waals surface area (Å²) in [6, 6.07) is 8.85. The Kier molecular flexibility index (Phi) is 4.54. The van der Waals surface area contributed by atoms with Crippen LogP contribution in [0, 0.1) is 0 Å². The van der Waals surface area contributed by atoms with Gasteiger partial charge in [0.1, 0.15) is 5.75 Å². The number of halogens is 5. The zero-order valence-electron chi connectivity index (χ0n) is 10.8. The van der Waals surface area contributed by atoms with E-state index in [1.807, 2.05) is 0 Å². The van der Waals surface area contributed by atoms with Gasteiger partial charge in [0.2, 0.25) is 0 Å². The van der Waals surface area contributed by atoms with Crippen molar-refractivity contribution in [2.75, 3.05) is 12.4 Å². The third kappa shape index (κ3) is 3.74. The number of para-hydroxylation sites is 1. The standard InChI is InChI=1S/C14H10Cl2F3NO/c1-20-8-6-10(15)13(11(16)7-8)9-4-2-3-5-12(9)21-14(17,18)19/h2-7,20H,1H3. The fourth-order valence-corrected chi connectivity index (χ4v) is 2.55. The van der Waals surface area contributed by atoms with E-state index in [2.05, 4.69) is 10.1 Å². The monoisotopic (exact) mass is 335 g/mol. The third-order valence-corrected chi connectivity index (χ3v) is 3.31. The van der Waals surface area contributed by atoms with Crippen LogP contribution in [0.2, 0.25) is 10.0 Å². The molecule has 21 heavy (non-hydrogen) atoms. The predicted octanol–water partition coefficient (Wildman–Crippen LogP) is 5.60. The summed E-state index contributed by atoms with van der Waals surface area (Å²) in [7, 11) is 1.68. The number of hydrogen-bond acceptors (Lipinski definition) is 2. The van der Waals surface area contributed by atoms with Gasteiger partial charge in [-0.1, -0.05) is 41.4 Å². The summed E-state index contributed by atoms with van der Waals surface area (Å²) >= 11 is 12.3. The first-order valence-corrected chi connectivity index (χ1v) is 6.59. The van der Waals surface area contributed by atoms with Crippen LogP contribution < -0.4 is 10.1 Å². The van der Waals surface area contributed by atoms with Crippen LogP contribution in [-0.2, 0) is 0 Å². The molecule has 0 amide bonds. The minimum atomic E-state index is -4.79. The summed E-state index contributed by atoms with van der Waals surface area (Å²) in [4.78, 5) is 0. The lowest BCUT2D eigenvalue weighted by molar-refractivity contribution is -0.274. The molecule has 112 valence electrons. The van der Waals surface area contributed by atoms with Crippen molar-refractivity contribution >= 4 is 28.9 Å². The van der Waals surface area contributed by atoms with Gasteiger partial charge in [-0.2, -0.15) is 0 Å². The van der Waals surface area contributed by atoms with Gasteiger partial charge in [-0.3, -0.25) is 0 Å². The van der Waals surface area contributed by atoms with Crippen molar-refractivity contribution in [1.82, 2.24) is 0 Å². The Labute approximate surface area is 129 Å². The molecule has 2 aromatic rings. The van der Waals surface area contributed by atoms with Crippen LogP contribution in [-0.4, -0.2) is 13.4 Å². The molecule has 1 N–H and O–H groups in total. The average Bonchev–Trinajstić information content (AvgIpc) is 2.38. The summed E-state index contributed by atoms with van der Waals surface area (Å²) in [6.45, 7) is 0. The van der Waals surface area contributed by atoms with Crippen LogP contribution >= 0.6 is 23.2 Å². The largest absolute Gasteiger partial charge is 0.573 e. The summed E-state index contributed by atoms with van der Waals surface area (Å²) in [5.41, 5.74) is 1.12. The normalized spacial score (nSPS) is 11.3.